The lowest BCUT2D eigenvalue weighted by Gasteiger charge is -2.17. The van der Waals surface area contributed by atoms with Crippen LogP contribution in [0, 0.1) is 0 Å². The van der Waals surface area contributed by atoms with E-state index in [0.29, 0.717) is 18.8 Å². The number of carboxylic acids is 1. The van der Waals surface area contributed by atoms with Crippen molar-refractivity contribution in [1.82, 2.24) is 4.72 Å². The summed E-state index contributed by atoms with van der Waals surface area (Å²) >= 11 is 0. The maximum Gasteiger partial charge on any atom is 0.335 e. The van der Waals surface area contributed by atoms with Gasteiger partial charge in [-0.15, -0.1) is 0 Å². The van der Waals surface area contributed by atoms with Crippen molar-refractivity contribution in [3.05, 3.63) is 23.8 Å². The highest BCUT2D eigenvalue weighted by molar-refractivity contribution is 7.89. The lowest BCUT2D eigenvalue weighted by molar-refractivity contribution is 0.0696. The van der Waals surface area contributed by atoms with Crippen LogP contribution in [0.5, 0.6) is 0 Å². The molecule has 0 bridgehead atoms. The Labute approximate surface area is 98.9 Å². The third-order valence-electron chi connectivity index (χ3n) is 2.65. The van der Waals surface area contributed by atoms with Crippen molar-refractivity contribution in [3.8, 4) is 0 Å². The van der Waals surface area contributed by atoms with Crippen molar-refractivity contribution in [2.24, 2.45) is 0 Å². The second kappa shape index (κ2) is 4.01. The number of fused-ring (bicyclic) bond motifs is 1. The summed E-state index contributed by atoms with van der Waals surface area (Å²) in [6, 6.07) is 4.10. The van der Waals surface area contributed by atoms with E-state index in [1.54, 1.807) is 11.9 Å². The van der Waals surface area contributed by atoms with E-state index in [1.165, 1.54) is 18.2 Å². The van der Waals surface area contributed by atoms with Gasteiger partial charge in [-0.2, -0.15) is 0 Å². The number of aromatic carboxylic acids is 1. The molecule has 0 fully saturated rings. The topological polar surface area (TPSA) is 86.7 Å². The first kappa shape index (κ1) is 11.9. The molecule has 0 unspecified atom stereocenters. The smallest absolute Gasteiger partial charge is 0.335 e. The molecule has 0 saturated heterocycles. The molecule has 7 heteroatoms. The van der Waals surface area contributed by atoms with Gasteiger partial charge < -0.3 is 10.0 Å². The van der Waals surface area contributed by atoms with Crippen molar-refractivity contribution < 1.29 is 18.3 Å². The molecule has 0 spiro atoms. The minimum Gasteiger partial charge on any atom is -0.478 e. The lowest BCUT2D eigenvalue weighted by atomic mass is 10.2. The summed E-state index contributed by atoms with van der Waals surface area (Å²) in [4.78, 5) is 12.6. The molecule has 2 N–H and O–H groups in total. The molecule has 0 aliphatic carbocycles. The van der Waals surface area contributed by atoms with E-state index in [2.05, 4.69) is 4.72 Å². The summed E-state index contributed by atoms with van der Waals surface area (Å²) in [6.07, 6.45) is 0. The van der Waals surface area contributed by atoms with Gasteiger partial charge in [-0.3, -0.25) is 0 Å². The zero-order valence-corrected chi connectivity index (χ0v) is 9.99. The van der Waals surface area contributed by atoms with Crippen molar-refractivity contribution >= 4 is 21.7 Å². The van der Waals surface area contributed by atoms with Crippen LogP contribution in [0.25, 0.3) is 0 Å². The Morgan fingerprint density at radius 2 is 2.18 bits per heavy atom. The number of hydrogen-bond acceptors (Lipinski definition) is 4. The largest absolute Gasteiger partial charge is 0.478 e. The molecule has 17 heavy (non-hydrogen) atoms. The molecular weight excluding hydrogens is 244 g/mol. The Kier molecular flexibility index (Phi) is 2.80. The molecule has 1 aliphatic rings. The lowest BCUT2D eigenvalue weighted by Crippen LogP contribution is -2.27. The van der Waals surface area contributed by atoms with E-state index in [-0.39, 0.29) is 10.5 Å². The van der Waals surface area contributed by atoms with Crippen LogP contribution in [-0.4, -0.2) is 39.6 Å². The molecular formula is C10H12N2O4S. The standard InChI is InChI=1S/C10H12N2O4S/c1-12-5-4-11-17(15,16)9-6-7(10(13)14)2-3-8(9)12/h2-3,6,11H,4-5H2,1H3,(H,13,14). The first-order valence-electron chi connectivity index (χ1n) is 5.00. The van der Waals surface area contributed by atoms with Crippen LogP contribution in [-0.2, 0) is 10.0 Å². The molecule has 0 aromatic heterocycles. The van der Waals surface area contributed by atoms with Gasteiger partial charge >= 0.3 is 5.97 Å². The number of benzene rings is 1. The van der Waals surface area contributed by atoms with Gasteiger partial charge in [0.1, 0.15) is 4.90 Å². The Morgan fingerprint density at radius 1 is 1.47 bits per heavy atom. The number of nitrogens with zero attached hydrogens (tertiary/aromatic N) is 1. The fraction of sp³-hybridized carbons (Fsp3) is 0.300. The molecule has 0 atom stereocenters. The van der Waals surface area contributed by atoms with Gasteiger partial charge in [-0.1, -0.05) is 0 Å². The highest BCUT2D eigenvalue weighted by Gasteiger charge is 2.25. The number of carboxylic acid groups (broad SMARTS) is 1. The van der Waals surface area contributed by atoms with Crippen molar-refractivity contribution in [1.29, 1.82) is 0 Å². The van der Waals surface area contributed by atoms with Gasteiger partial charge in [0.25, 0.3) is 0 Å². The van der Waals surface area contributed by atoms with Crippen molar-refractivity contribution in [2.75, 3.05) is 25.0 Å². The number of sulfonamides is 1. The summed E-state index contributed by atoms with van der Waals surface area (Å²) in [7, 11) is -1.86. The fourth-order valence-corrected chi connectivity index (χ4v) is 3.02. The van der Waals surface area contributed by atoms with Crippen LogP contribution in [0.1, 0.15) is 10.4 Å². The Bertz CT molecular complexity index is 568. The molecule has 6 nitrogen and oxygen atoms in total. The van der Waals surface area contributed by atoms with E-state index >= 15 is 0 Å². The molecule has 0 saturated carbocycles. The number of carbonyl (C=O) groups is 1. The fourth-order valence-electron chi connectivity index (χ4n) is 1.72. The van der Waals surface area contributed by atoms with Gasteiger partial charge in [0.15, 0.2) is 0 Å². The van der Waals surface area contributed by atoms with Gasteiger partial charge in [0.2, 0.25) is 10.0 Å². The average molecular weight is 256 g/mol. The molecule has 1 aromatic carbocycles. The molecule has 0 amide bonds. The van der Waals surface area contributed by atoms with Crippen LogP contribution in [0.3, 0.4) is 0 Å². The number of hydrogen-bond donors (Lipinski definition) is 2. The molecule has 0 radical (unpaired) electrons. The van der Waals surface area contributed by atoms with Crippen molar-refractivity contribution in [3.63, 3.8) is 0 Å². The number of likely N-dealkylation sites (N-methyl/N-ethyl adjacent to an activating group) is 1. The minimum atomic E-state index is -3.62. The highest BCUT2D eigenvalue weighted by atomic mass is 32.2. The first-order valence-corrected chi connectivity index (χ1v) is 6.48. The summed E-state index contributed by atoms with van der Waals surface area (Å²) in [5.74, 6) is -1.14. The van der Waals surface area contributed by atoms with Crippen LogP contribution in [0.4, 0.5) is 5.69 Å². The Hall–Kier alpha value is -1.60. The zero-order chi connectivity index (χ0) is 12.6. The zero-order valence-electron chi connectivity index (χ0n) is 9.17. The first-order chi connectivity index (χ1) is 7.92. The molecule has 1 heterocycles. The van der Waals surface area contributed by atoms with E-state index in [0.717, 1.165) is 0 Å². The third kappa shape index (κ3) is 2.11. The quantitative estimate of drug-likeness (QED) is 0.745. The molecule has 2 rings (SSSR count). The third-order valence-corrected chi connectivity index (χ3v) is 4.14. The summed E-state index contributed by atoms with van der Waals surface area (Å²) < 4.78 is 26.2. The highest BCUT2D eigenvalue weighted by Crippen LogP contribution is 2.27. The SMILES string of the molecule is CN1CCNS(=O)(=O)c2cc(C(=O)O)ccc21. The maximum atomic E-state index is 11.9. The predicted octanol–water partition coefficient (Wildman–Crippen LogP) is 0.113. The van der Waals surface area contributed by atoms with Gasteiger partial charge in [-0.05, 0) is 18.2 Å². The summed E-state index contributed by atoms with van der Waals surface area (Å²) in [5.41, 5.74) is 0.476. The molecule has 1 aliphatic heterocycles. The summed E-state index contributed by atoms with van der Waals surface area (Å²) in [5, 5.41) is 8.86. The number of anilines is 1. The Balaban J connectivity index is 2.67. The monoisotopic (exact) mass is 256 g/mol. The van der Waals surface area contributed by atoms with Crippen molar-refractivity contribution in [2.45, 2.75) is 4.90 Å². The van der Waals surface area contributed by atoms with Crippen LogP contribution in [0.15, 0.2) is 23.1 Å². The maximum absolute atomic E-state index is 11.9. The number of nitrogens with one attached hydrogen (secondary N) is 1. The molecule has 1 aromatic rings. The van der Waals surface area contributed by atoms with Gasteiger partial charge in [0, 0.05) is 20.1 Å². The van der Waals surface area contributed by atoms with E-state index in [1.807, 2.05) is 0 Å². The van der Waals surface area contributed by atoms with Crippen LogP contribution < -0.4 is 9.62 Å². The normalized spacial score (nSPS) is 18.3. The van der Waals surface area contributed by atoms with Crippen LogP contribution in [0.2, 0.25) is 0 Å². The predicted molar refractivity (Wildman–Crippen MR) is 61.9 cm³/mol. The van der Waals surface area contributed by atoms with Gasteiger partial charge in [0.05, 0.1) is 11.3 Å². The van der Waals surface area contributed by atoms with Crippen LogP contribution >= 0.6 is 0 Å². The van der Waals surface area contributed by atoms with E-state index < -0.39 is 16.0 Å². The Morgan fingerprint density at radius 3 is 2.82 bits per heavy atom. The average Bonchev–Trinajstić information content (AvgIpc) is 2.37. The molecule has 92 valence electrons. The van der Waals surface area contributed by atoms with E-state index in [4.69, 9.17) is 5.11 Å². The van der Waals surface area contributed by atoms with E-state index in [9.17, 15) is 13.2 Å². The van der Waals surface area contributed by atoms with Gasteiger partial charge in [-0.25, -0.2) is 17.9 Å². The summed E-state index contributed by atoms with van der Waals surface area (Å²) in [6.45, 7) is 0.842. The number of rotatable bonds is 1. The minimum absolute atomic E-state index is 0.0115. The second-order valence-corrected chi connectivity index (χ2v) is 5.54. The second-order valence-electron chi connectivity index (χ2n) is 3.81.